The highest BCUT2D eigenvalue weighted by molar-refractivity contribution is 7.12. The molecule has 1 aromatic carbocycles. The van der Waals surface area contributed by atoms with Crippen molar-refractivity contribution in [2.75, 3.05) is 20.1 Å². The van der Waals surface area contributed by atoms with E-state index in [1.807, 2.05) is 46.7 Å². The van der Waals surface area contributed by atoms with Crippen LogP contribution in [0.3, 0.4) is 0 Å². The van der Waals surface area contributed by atoms with Crippen LogP contribution < -0.4 is 0 Å². The smallest absolute Gasteiger partial charge is 0.263 e. The number of hydrogen-bond donors (Lipinski definition) is 1. The Morgan fingerprint density at radius 3 is 2.93 bits per heavy atom. The van der Waals surface area contributed by atoms with Crippen LogP contribution in [0, 0.1) is 5.92 Å². The van der Waals surface area contributed by atoms with Crippen molar-refractivity contribution in [3.8, 4) is 0 Å². The topological polar surface area (TPSA) is 69.3 Å². The standard InChI is InChI=1S/C20H22N4O2S/c1-23(13-18-21-15-7-2-3-8-16(15)22-18)19(25)14-6-4-10-24(12-14)20(26)17-9-5-11-27-17/h2-3,5,7-9,11,14H,4,6,10,12-13H2,1H3,(H,21,22)/t14-/m0/s1. The highest BCUT2D eigenvalue weighted by Crippen LogP contribution is 2.22. The van der Waals surface area contributed by atoms with E-state index in [0.717, 1.165) is 34.6 Å². The number of nitrogens with zero attached hydrogens (tertiary/aromatic N) is 3. The lowest BCUT2D eigenvalue weighted by atomic mass is 9.96. The van der Waals surface area contributed by atoms with Gasteiger partial charge < -0.3 is 14.8 Å². The molecule has 0 saturated carbocycles. The van der Waals surface area contributed by atoms with E-state index in [9.17, 15) is 9.59 Å². The second-order valence-electron chi connectivity index (χ2n) is 6.96. The number of piperidine rings is 1. The number of hydrogen-bond acceptors (Lipinski definition) is 4. The maximum Gasteiger partial charge on any atom is 0.263 e. The van der Waals surface area contributed by atoms with Gasteiger partial charge in [-0.05, 0) is 36.4 Å². The minimum atomic E-state index is -0.156. The predicted octanol–water partition coefficient (Wildman–Crippen LogP) is 3.14. The molecule has 0 aliphatic carbocycles. The van der Waals surface area contributed by atoms with Crippen LogP contribution in [-0.2, 0) is 11.3 Å². The first kappa shape index (κ1) is 17.7. The minimum Gasteiger partial charge on any atom is -0.340 e. The number of nitrogens with one attached hydrogen (secondary N) is 1. The number of imidazole rings is 1. The van der Waals surface area contributed by atoms with Crippen LogP contribution in [0.5, 0.6) is 0 Å². The lowest BCUT2D eigenvalue weighted by Crippen LogP contribution is -2.45. The Morgan fingerprint density at radius 2 is 2.15 bits per heavy atom. The van der Waals surface area contributed by atoms with Crippen molar-refractivity contribution < 1.29 is 9.59 Å². The van der Waals surface area contributed by atoms with Crippen molar-refractivity contribution in [3.05, 3.63) is 52.5 Å². The van der Waals surface area contributed by atoms with E-state index in [-0.39, 0.29) is 17.7 Å². The van der Waals surface area contributed by atoms with E-state index in [2.05, 4.69) is 9.97 Å². The molecular weight excluding hydrogens is 360 g/mol. The predicted molar refractivity (Wildman–Crippen MR) is 106 cm³/mol. The van der Waals surface area contributed by atoms with Crippen LogP contribution >= 0.6 is 11.3 Å². The van der Waals surface area contributed by atoms with Crippen LogP contribution in [0.25, 0.3) is 11.0 Å². The van der Waals surface area contributed by atoms with Gasteiger partial charge >= 0.3 is 0 Å². The Labute approximate surface area is 161 Å². The molecule has 0 spiro atoms. The van der Waals surface area contributed by atoms with Crippen molar-refractivity contribution in [2.24, 2.45) is 5.92 Å². The van der Waals surface area contributed by atoms with Gasteiger partial charge in [0.1, 0.15) is 5.82 Å². The third-order valence-corrected chi connectivity index (χ3v) is 5.85. The number of H-pyrrole nitrogens is 1. The Balaban J connectivity index is 1.41. The SMILES string of the molecule is CN(Cc1nc2ccccc2[nH]1)C(=O)[C@H]1CCCN(C(=O)c2cccs2)C1. The molecule has 1 N–H and O–H groups in total. The molecule has 27 heavy (non-hydrogen) atoms. The number of carbonyl (C=O) groups excluding carboxylic acids is 2. The zero-order chi connectivity index (χ0) is 18.8. The number of aromatic nitrogens is 2. The third-order valence-electron chi connectivity index (χ3n) is 4.99. The first-order chi connectivity index (χ1) is 13.1. The Hall–Kier alpha value is -2.67. The maximum atomic E-state index is 12.9. The quantitative estimate of drug-likeness (QED) is 0.754. The Bertz CT molecular complexity index is 917. The number of fused-ring (bicyclic) bond motifs is 1. The van der Waals surface area contributed by atoms with Gasteiger partial charge in [0.2, 0.25) is 5.91 Å². The van der Waals surface area contributed by atoms with Crippen molar-refractivity contribution >= 4 is 34.2 Å². The summed E-state index contributed by atoms with van der Waals surface area (Å²) >= 11 is 1.45. The summed E-state index contributed by atoms with van der Waals surface area (Å²) < 4.78 is 0. The molecular formula is C20H22N4O2S. The van der Waals surface area contributed by atoms with Crippen molar-refractivity contribution in [1.29, 1.82) is 0 Å². The molecule has 0 unspecified atom stereocenters. The largest absolute Gasteiger partial charge is 0.340 e. The van der Waals surface area contributed by atoms with E-state index >= 15 is 0 Å². The minimum absolute atomic E-state index is 0.0300. The first-order valence-electron chi connectivity index (χ1n) is 9.13. The van der Waals surface area contributed by atoms with E-state index < -0.39 is 0 Å². The van der Waals surface area contributed by atoms with Gasteiger partial charge in [0.05, 0.1) is 28.4 Å². The zero-order valence-corrected chi connectivity index (χ0v) is 16.0. The number of amides is 2. The Morgan fingerprint density at radius 1 is 1.30 bits per heavy atom. The van der Waals surface area contributed by atoms with Crippen LogP contribution in [0.15, 0.2) is 41.8 Å². The molecule has 1 fully saturated rings. The number of para-hydroxylation sites is 2. The molecule has 140 valence electrons. The fourth-order valence-corrected chi connectivity index (χ4v) is 4.30. The molecule has 1 atom stereocenters. The number of aromatic amines is 1. The molecule has 3 aromatic rings. The molecule has 7 heteroatoms. The molecule has 3 heterocycles. The Kier molecular flexibility index (Phi) is 4.94. The van der Waals surface area contributed by atoms with Crippen molar-refractivity contribution in [3.63, 3.8) is 0 Å². The van der Waals surface area contributed by atoms with Crippen molar-refractivity contribution in [1.82, 2.24) is 19.8 Å². The summed E-state index contributed by atoms with van der Waals surface area (Å²) in [5.41, 5.74) is 1.87. The van der Waals surface area contributed by atoms with Gasteiger partial charge in [-0.15, -0.1) is 11.3 Å². The summed E-state index contributed by atoms with van der Waals surface area (Å²) in [5, 5.41) is 1.90. The average molecular weight is 382 g/mol. The summed E-state index contributed by atoms with van der Waals surface area (Å²) in [6.07, 6.45) is 1.67. The van der Waals surface area contributed by atoms with Crippen LogP contribution in [0.2, 0.25) is 0 Å². The van der Waals surface area contributed by atoms with Crippen molar-refractivity contribution in [2.45, 2.75) is 19.4 Å². The zero-order valence-electron chi connectivity index (χ0n) is 15.2. The number of benzene rings is 1. The second-order valence-corrected chi connectivity index (χ2v) is 7.91. The number of rotatable bonds is 4. The lowest BCUT2D eigenvalue weighted by Gasteiger charge is -2.33. The fourth-order valence-electron chi connectivity index (χ4n) is 3.61. The molecule has 1 saturated heterocycles. The molecule has 2 amide bonds. The normalized spacial score (nSPS) is 17.2. The summed E-state index contributed by atoms with van der Waals surface area (Å²) in [6.45, 7) is 1.64. The lowest BCUT2D eigenvalue weighted by molar-refractivity contribution is -0.136. The van der Waals surface area contributed by atoms with E-state index in [4.69, 9.17) is 0 Å². The van der Waals surface area contributed by atoms with Gasteiger partial charge in [-0.2, -0.15) is 0 Å². The molecule has 0 radical (unpaired) electrons. The van der Waals surface area contributed by atoms with Gasteiger partial charge in [-0.25, -0.2) is 4.98 Å². The number of carbonyl (C=O) groups is 2. The first-order valence-corrected chi connectivity index (χ1v) is 10.0. The van der Waals surface area contributed by atoms with Gasteiger partial charge in [-0.3, -0.25) is 9.59 Å². The average Bonchev–Trinajstić information content (AvgIpc) is 3.36. The van der Waals surface area contributed by atoms with Crippen LogP contribution in [-0.4, -0.2) is 51.7 Å². The second kappa shape index (κ2) is 7.52. The summed E-state index contributed by atoms with van der Waals surface area (Å²) in [7, 11) is 1.80. The van der Waals surface area contributed by atoms with E-state index in [0.29, 0.717) is 19.6 Å². The summed E-state index contributed by atoms with van der Waals surface area (Å²) in [5.74, 6) is 0.716. The van der Waals surface area contributed by atoms with Gasteiger partial charge in [0.15, 0.2) is 0 Å². The summed E-state index contributed by atoms with van der Waals surface area (Å²) in [4.78, 5) is 37.6. The molecule has 0 bridgehead atoms. The maximum absolute atomic E-state index is 12.9. The number of thiophene rings is 1. The number of likely N-dealkylation sites (tertiary alicyclic amines) is 1. The molecule has 1 aliphatic heterocycles. The monoisotopic (exact) mass is 382 g/mol. The highest BCUT2D eigenvalue weighted by Gasteiger charge is 2.31. The van der Waals surface area contributed by atoms with Crippen LogP contribution in [0.1, 0.15) is 28.3 Å². The molecule has 4 rings (SSSR count). The molecule has 2 aromatic heterocycles. The summed E-state index contributed by atoms with van der Waals surface area (Å²) in [6, 6.07) is 11.6. The fraction of sp³-hybridized carbons (Fsp3) is 0.350. The third kappa shape index (κ3) is 3.73. The molecule has 6 nitrogen and oxygen atoms in total. The van der Waals surface area contributed by atoms with Gasteiger partial charge in [0.25, 0.3) is 5.91 Å². The highest BCUT2D eigenvalue weighted by atomic mass is 32.1. The van der Waals surface area contributed by atoms with Crippen LogP contribution in [0.4, 0.5) is 0 Å². The van der Waals surface area contributed by atoms with Gasteiger partial charge in [-0.1, -0.05) is 18.2 Å². The van der Waals surface area contributed by atoms with E-state index in [1.54, 1.807) is 11.9 Å². The van der Waals surface area contributed by atoms with Gasteiger partial charge in [0, 0.05) is 20.1 Å². The van der Waals surface area contributed by atoms with E-state index in [1.165, 1.54) is 11.3 Å². The molecule has 1 aliphatic rings.